The number of benzene rings is 2. The summed E-state index contributed by atoms with van der Waals surface area (Å²) in [5.74, 6) is 0. The van der Waals surface area contributed by atoms with Crippen LogP contribution in [-0.2, 0) is 0 Å². The van der Waals surface area contributed by atoms with Crippen LogP contribution in [0.3, 0.4) is 0 Å². The number of nitrogen functional groups attached to an aromatic ring is 1. The summed E-state index contributed by atoms with van der Waals surface area (Å²) in [7, 11) is 4.19. The summed E-state index contributed by atoms with van der Waals surface area (Å²) in [6.45, 7) is 6.58. The van der Waals surface area contributed by atoms with Crippen molar-refractivity contribution in [2.24, 2.45) is 4.99 Å². The number of aromatic nitrogens is 1. The fourth-order valence-corrected chi connectivity index (χ4v) is 3.90. The number of rotatable bonds is 8. The van der Waals surface area contributed by atoms with Crippen molar-refractivity contribution in [2.45, 2.75) is 6.42 Å². The topological polar surface area (TPSA) is 91.2 Å². The number of fused-ring (bicyclic) bond motifs is 1. The van der Waals surface area contributed by atoms with Gasteiger partial charge in [-0.25, -0.2) is 4.99 Å². The third-order valence-electron chi connectivity index (χ3n) is 5.87. The molecule has 0 unspecified atom stereocenters. The number of nitrogens with zero attached hydrogens (tertiary/aromatic N) is 5. The summed E-state index contributed by atoms with van der Waals surface area (Å²) >= 11 is 0. The predicted octanol–water partition coefficient (Wildman–Crippen LogP) is 3.12. The molecule has 0 spiro atoms. The van der Waals surface area contributed by atoms with Crippen LogP contribution in [0.5, 0.6) is 0 Å². The lowest BCUT2D eigenvalue weighted by Crippen LogP contribution is -2.45. The molecule has 168 valence electrons. The largest absolute Gasteiger partial charge is 0.424 e. The minimum Gasteiger partial charge on any atom is -0.424 e. The van der Waals surface area contributed by atoms with E-state index in [0.29, 0.717) is 22.4 Å². The van der Waals surface area contributed by atoms with Gasteiger partial charge in [-0.1, -0.05) is 12.1 Å². The van der Waals surface area contributed by atoms with Crippen molar-refractivity contribution >= 4 is 35.4 Å². The molecule has 2 aromatic carbocycles. The van der Waals surface area contributed by atoms with Crippen LogP contribution in [0.25, 0.3) is 22.2 Å². The second kappa shape index (κ2) is 9.93. The molecule has 1 aliphatic heterocycles. The van der Waals surface area contributed by atoms with Crippen molar-refractivity contribution < 1.29 is 9.21 Å². The van der Waals surface area contributed by atoms with E-state index in [0.717, 1.165) is 63.1 Å². The third kappa shape index (κ3) is 5.33. The van der Waals surface area contributed by atoms with Gasteiger partial charge in [0.05, 0.1) is 12.0 Å². The quantitative estimate of drug-likeness (QED) is 0.331. The van der Waals surface area contributed by atoms with E-state index in [-0.39, 0.29) is 6.01 Å². The molecule has 2 heterocycles. The molecule has 0 amide bonds. The van der Waals surface area contributed by atoms with Crippen molar-refractivity contribution in [1.82, 2.24) is 19.7 Å². The summed E-state index contributed by atoms with van der Waals surface area (Å²) in [4.78, 5) is 27.4. The molecule has 8 nitrogen and oxygen atoms in total. The van der Waals surface area contributed by atoms with E-state index in [2.05, 4.69) is 31.7 Å². The van der Waals surface area contributed by atoms with E-state index in [9.17, 15) is 4.79 Å². The minimum absolute atomic E-state index is 0.142. The van der Waals surface area contributed by atoms with Crippen LogP contribution in [-0.4, -0.2) is 85.7 Å². The number of carbonyl (C=O) groups excluding carboxylic acids is 1. The number of piperazine rings is 1. The van der Waals surface area contributed by atoms with Crippen LogP contribution in [0.2, 0.25) is 0 Å². The lowest BCUT2D eigenvalue weighted by atomic mass is 10.0. The maximum atomic E-state index is 11.7. The zero-order chi connectivity index (χ0) is 22.5. The molecular formula is C24H30N6O2. The zero-order valence-electron chi connectivity index (χ0n) is 18.7. The molecule has 1 saturated heterocycles. The summed E-state index contributed by atoms with van der Waals surface area (Å²) < 4.78 is 5.33. The van der Waals surface area contributed by atoms with Gasteiger partial charge in [-0.2, -0.15) is 4.98 Å². The third-order valence-corrected chi connectivity index (χ3v) is 5.87. The number of oxazole rings is 1. The monoisotopic (exact) mass is 434 g/mol. The van der Waals surface area contributed by atoms with Crippen LogP contribution in [0, 0.1) is 0 Å². The SMILES string of the molecule is CN(C=Nc1ccc(-c2ccc3oc(N)nc3c2)cc1C=O)CCCN1CCN(C)CC1. The number of hydrogen-bond acceptors (Lipinski definition) is 7. The Morgan fingerprint density at radius 3 is 2.69 bits per heavy atom. The highest BCUT2D eigenvalue weighted by Gasteiger charge is 2.13. The van der Waals surface area contributed by atoms with Gasteiger partial charge in [-0.15, -0.1) is 0 Å². The highest BCUT2D eigenvalue weighted by molar-refractivity contribution is 5.88. The van der Waals surface area contributed by atoms with Crippen molar-refractivity contribution in [3.63, 3.8) is 0 Å². The average Bonchev–Trinajstić information content (AvgIpc) is 3.18. The van der Waals surface area contributed by atoms with Gasteiger partial charge < -0.3 is 24.9 Å². The molecule has 0 atom stereocenters. The predicted molar refractivity (Wildman–Crippen MR) is 129 cm³/mol. The Kier molecular flexibility index (Phi) is 6.82. The molecule has 1 aromatic heterocycles. The highest BCUT2D eigenvalue weighted by Crippen LogP contribution is 2.29. The lowest BCUT2D eigenvalue weighted by Gasteiger charge is -2.32. The lowest BCUT2D eigenvalue weighted by molar-refractivity contribution is 0.112. The van der Waals surface area contributed by atoms with Crippen molar-refractivity contribution in [1.29, 1.82) is 0 Å². The zero-order valence-corrected chi connectivity index (χ0v) is 18.7. The summed E-state index contributed by atoms with van der Waals surface area (Å²) in [5, 5.41) is 0. The van der Waals surface area contributed by atoms with E-state index >= 15 is 0 Å². The molecule has 0 bridgehead atoms. The molecular weight excluding hydrogens is 404 g/mol. The Bertz CT molecular complexity index is 1100. The van der Waals surface area contributed by atoms with E-state index < -0.39 is 0 Å². The van der Waals surface area contributed by atoms with Crippen molar-refractivity contribution in [3.05, 3.63) is 42.0 Å². The number of aliphatic imine (C=N–C) groups is 1. The first-order valence-corrected chi connectivity index (χ1v) is 10.9. The van der Waals surface area contributed by atoms with Crippen LogP contribution in [0.15, 0.2) is 45.8 Å². The number of nitrogens with two attached hydrogens (primary N) is 1. The Morgan fingerprint density at radius 2 is 1.91 bits per heavy atom. The van der Waals surface area contributed by atoms with Crippen molar-refractivity contribution in [3.8, 4) is 11.1 Å². The van der Waals surface area contributed by atoms with E-state index in [1.54, 1.807) is 6.34 Å². The Hall–Kier alpha value is -3.23. The van der Waals surface area contributed by atoms with Gasteiger partial charge in [0.25, 0.3) is 6.01 Å². The van der Waals surface area contributed by atoms with Crippen LogP contribution in [0.1, 0.15) is 16.8 Å². The van der Waals surface area contributed by atoms with Gasteiger partial charge in [0.1, 0.15) is 5.52 Å². The van der Waals surface area contributed by atoms with Gasteiger partial charge in [-0.05, 0) is 55.4 Å². The molecule has 0 aliphatic carbocycles. The van der Waals surface area contributed by atoms with Gasteiger partial charge in [0.2, 0.25) is 0 Å². The maximum absolute atomic E-state index is 11.7. The average molecular weight is 435 g/mol. The van der Waals surface area contributed by atoms with E-state index in [1.165, 1.54) is 0 Å². The van der Waals surface area contributed by atoms with Crippen LogP contribution >= 0.6 is 0 Å². The maximum Gasteiger partial charge on any atom is 0.292 e. The standard InChI is InChI=1S/C24H30N6O2/c1-28-10-12-30(13-11-28)9-3-8-29(2)17-26-21-6-4-18(14-20(21)16-31)19-5-7-23-22(15-19)27-24(25)32-23/h4-7,14-17H,3,8-13H2,1-2H3,(H2,25,27). The molecule has 3 aromatic rings. The van der Waals surface area contributed by atoms with E-state index in [1.807, 2.05) is 43.4 Å². The van der Waals surface area contributed by atoms with Crippen LogP contribution < -0.4 is 5.73 Å². The second-order valence-corrected chi connectivity index (χ2v) is 8.35. The van der Waals surface area contributed by atoms with Gasteiger partial charge in [0.15, 0.2) is 11.9 Å². The fourth-order valence-electron chi connectivity index (χ4n) is 3.90. The molecule has 8 heteroatoms. The summed E-state index contributed by atoms with van der Waals surface area (Å²) in [5.41, 5.74) is 10.0. The van der Waals surface area contributed by atoms with Gasteiger partial charge in [-0.3, -0.25) is 4.79 Å². The number of carbonyl (C=O) groups is 1. The molecule has 32 heavy (non-hydrogen) atoms. The molecule has 4 rings (SSSR count). The molecule has 0 saturated carbocycles. The summed E-state index contributed by atoms with van der Waals surface area (Å²) in [6, 6.07) is 11.5. The van der Waals surface area contributed by atoms with Crippen LogP contribution in [0.4, 0.5) is 11.7 Å². The second-order valence-electron chi connectivity index (χ2n) is 8.35. The molecule has 2 N–H and O–H groups in total. The number of likely N-dealkylation sites (N-methyl/N-ethyl adjacent to an activating group) is 1. The normalized spacial score (nSPS) is 15.6. The first-order chi connectivity index (χ1) is 15.5. The highest BCUT2D eigenvalue weighted by atomic mass is 16.4. The first-order valence-electron chi connectivity index (χ1n) is 10.9. The van der Waals surface area contributed by atoms with Crippen molar-refractivity contribution in [2.75, 3.05) is 59.1 Å². The van der Waals surface area contributed by atoms with Gasteiger partial charge in [0, 0.05) is 45.3 Å². The first kappa shape index (κ1) is 22.0. The number of anilines is 1. The smallest absolute Gasteiger partial charge is 0.292 e. The summed E-state index contributed by atoms with van der Waals surface area (Å²) in [6.07, 6.45) is 3.73. The Labute approximate surface area is 188 Å². The fraction of sp³-hybridized carbons (Fsp3) is 0.375. The van der Waals surface area contributed by atoms with E-state index in [4.69, 9.17) is 10.2 Å². The Balaban J connectivity index is 1.37. The number of aldehydes is 1. The molecule has 1 fully saturated rings. The Morgan fingerprint density at radius 1 is 1.16 bits per heavy atom. The molecule has 1 aliphatic rings. The minimum atomic E-state index is 0.142. The number of hydrogen-bond donors (Lipinski definition) is 1. The molecule has 0 radical (unpaired) electrons. The van der Waals surface area contributed by atoms with Gasteiger partial charge >= 0.3 is 0 Å².